The summed E-state index contributed by atoms with van der Waals surface area (Å²) in [5, 5.41) is 0. The number of halogens is 6. The first-order valence-electron chi connectivity index (χ1n) is 10.0. The molecule has 0 fully saturated rings. The molecule has 2 rings (SSSR count). The largest absolute Gasteiger partial charge is 0.492 e. The molecule has 0 saturated carbocycles. The summed E-state index contributed by atoms with van der Waals surface area (Å²) in [6, 6.07) is 7.06. The van der Waals surface area contributed by atoms with Gasteiger partial charge in [0, 0.05) is 18.7 Å². The van der Waals surface area contributed by atoms with E-state index in [0.717, 1.165) is 19.2 Å². The normalized spacial score (nSPS) is 12.6. The minimum Gasteiger partial charge on any atom is -0.492 e. The van der Waals surface area contributed by atoms with Gasteiger partial charge in [-0.3, -0.25) is 0 Å². The number of hydrogen-bond donors (Lipinski definition) is 1. The number of aryl methyl sites for hydroxylation is 1. The number of nitrogen functional groups attached to an aromatic ring is 1. The van der Waals surface area contributed by atoms with Gasteiger partial charge in [-0.15, -0.1) is 0 Å². The van der Waals surface area contributed by atoms with E-state index < -0.39 is 30.3 Å². The Bertz CT molecular complexity index is 916. The molecule has 184 valence electrons. The van der Waals surface area contributed by atoms with Crippen LogP contribution in [0.5, 0.6) is 17.2 Å². The highest BCUT2D eigenvalue weighted by molar-refractivity contribution is 5.56. The molecule has 2 aromatic rings. The zero-order valence-electron chi connectivity index (χ0n) is 18.3. The Hall–Kier alpha value is -2.66. The van der Waals surface area contributed by atoms with E-state index in [1.165, 1.54) is 18.2 Å². The molecule has 2 N–H and O–H groups in total. The quantitative estimate of drug-likeness (QED) is 0.243. The van der Waals surface area contributed by atoms with Crippen LogP contribution in [0.15, 0.2) is 36.4 Å². The van der Waals surface area contributed by atoms with Gasteiger partial charge in [-0.25, -0.2) is 0 Å². The number of anilines is 1. The van der Waals surface area contributed by atoms with E-state index in [2.05, 4.69) is 9.47 Å². The molecular weight excluding hydrogens is 456 g/mol. The predicted molar refractivity (Wildman–Crippen MR) is 109 cm³/mol. The van der Waals surface area contributed by atoms with Gasteiger partial charge < -0.3 is 24.7 Å². The van der Waals surface area contributed by atoms with E-state index in [9.17, 15) is 26.3 Å². The van der Waals surface area contributed by atoms with Crippen molar-refractivity contribution >= 4 is 5.69 Å². The SMILES string of the molecule is CCCc1cc(C(OCOC)(C(F)(F)F)C(F)(F)F)ccc1Oc1ccc(N)c(OCC)c1. The fraction of sp³-hybridized carbons (Fsp3) is 0.455. The van der Waals surface area contributed by atoms with Gasteiger partial charge in [-0.05, 0) is 43.2 Å². The molecule has 0 amide bonds. The maximum absolute atomic E-state index is 13.8. The maximum atomic E-state index is 13.8. The Labute approximate surface area is 187 Å². The van der Waals surface area contributed by atoms with Gasteiger partial charge in [0.15, 0.2) is 0 Å². The van der Waals surface area contributed by atoms with Crippen LogP contribution >= 0.6 is 0 Å². The lowest BCUT2D eigenvalue weighted by molar-refractivity contribution is -0.400. The summed E-state index contributed by atoms with van der Waals surface area (Å²) in [6.45, 7) is 2.60. The smallest absolute Gasteiger partial charge is 0.430 e. The van der Waals surface area contributed by atoms with Gasteiger partial charge in [-0.1, -0.05) is 19.4 Å². The lowest BCUT2D eigenvalue weighted by atomic mass is 9.89. The summed E-state index contributed by atoms with van der Waals surface area (Å²) in [5.41, 5.74) is 0.619. The standard InChI is InChI=1S/C22H25F6NO4/c1-4-6-14-11-15(20(21(23,24)25,22(26,27)28)32-13-30-3)7-10-18(14)33-16-8-9-17(29)19(12-16)31-5-2/h7-12H,4-6,13,29H2,1-3H3. The van der Waals surface area contributed by atoms with Crippen LogP contribution in [-0.2, 0) is 21.5 Å². The molecule has 0 bridgehead atoms. The summed E-state index contributed by atoms with van der Waals surface area (Å²) in [7, 11) is 0.931. The number of rotatable bonds is 10. The molecule has 5 nitrogen and oxygen atoms in total. The number of benzene rings is 2. The Kier molecular flexibility index (Phi) is 8.47. The van der Waals surface area contributed by atoms with Crippen LogP contribution in [0.1, 0.15) is 31.4 Å². The van der Waals surface area contributed by atoms with Crippen LogP contribution in [0.3, 0.4) is 0 Å². The first-order valence-corrected chi connectivity index (χ1v) is 10.0. The molecule has 0 radical (unpaired) electrons. The molecule has 2 aromatic carbocycles. The molecule has 0 spiro atoms. The molecule has 0 aromatic heterocycles. The second-order valence-corrected chi connectivity index (χ2v) is 7.03. The monoisotopic (exact) mass is 481 g/mol. The van der Waals surface area contributed by atoms with Gasteiger partial charge in [0.25, 0.3) is 5.60 Å². The maximum Gasteiger partial charge on any atom is 0.430 e. The average molecular weight is 481 g/mol. The molecule has 0 aliphatic rings. The summed E-state index contributed by atoms with van der Waals surface area (Å²) in [4.78, 5) is 0. The van der Waals surface area contributed by atoms with Crippen molar-refractivity contribution in [3.05, 3.63) is 47.5 Å². The number of methoxy groups -OCH3 is 1. The van der Waals surface area contributed by atoms with Gasteiger partial charge in [-0.2, -0.15) is 26.3 Å². The van der Waals surface area contributed by atoms with Gasteiger partial charge in [0.05, 0.1) is 12.3 Å². The van der Waals surface area contributed by atoms with E-state index in [0.29, 0.717) is 30.5 Å². The van der Waals surface area contributed by atoms with Crippen molar-refractivity contribution in [2.45, 2.75) is 44.6 Å². The number of hydrogen-bond acceptors (Lipinski definition) is 5. The van der Waals surface area contributed by atoms with Crippen LogP contribution in [-0.4, -0.2) is 32.9 Å². The van der Waals surface area contributed by atoms with E-state index in [-0.39, 0.29) is 23.5 Å². The molecule has 11 heteroatoms. The van der Waals surface area contributed by atoms with Crippen molar-refractivity contribution in [3.8, 4) is 17.2 Å². The third-order valence-corrected chi connectivity index (χ3v) is 4.69. The molecule has 33 heavy (non-hydrogen) atoms. The third kappa shape index (κ3) is 5.64. The van der Waals surface area contributed by atoms with Crippen molar-refractivity contribution in [1.82, 2.24) is 0 Å². The summed E-state index contributed by atoms with van der Waals surface area (Å²) < 4.78 is 103. The zero-order valence-corrected chi connectivity index (χ0v) is 18.3. The van der Waals surface area contributed by atoms with Gasteiger partial charge in [0.1, 0.15) is 24.0 Å². The van der Waals surface area contributed by atoms with E-state index in [1.807, 2.05) is 0 Å². The van der Waals surface area contributed by atoms with Crippen molar-refractivity contribution in [2.24, 2.45) is 0 Å². The van der Waals surface area contributed by atoms with Crippen LogP contribution in [0.2, 0.25) is 0 Å². The fourth-order valence-electron chi connectivity index (χ4n) is 3.23. The molecule has 0 aliphatic carbocycles. The molecular formula is C22H25F6NO4. The summed E-state index contributed by atoms with van der Waals surface area (Å²) in [5.74, 6) is 0.689. The number of ether oxygens (including phenoxy) is 4. The highest BCUT2D eigenvalue weighted by Gasteiger charge is 2.73. The van der Waals surface area contributed by atoms with Crippen LogP contribution < -0.4 is 15.2 Å². The van der Waals surface area contributed by atoms with Crippen molar-refractivity contribution < 1.29 is 45.3 Å². The van der Waals surface area contributed by atoms with E-state index in [1.54, 1.807) is 13.8 Å². The first-order chi connectivity index (χ1) is 15.4. The average Bonchev–Trinajstić information content (AvgIpc) is 2.71. The van der Waals surface area contributed by atoms with Crippen molar-refractivity contribution in [3.63, 3.8) is 0 Å². The minimum absolute atomic E-state index is 0.0952. The Balaban J connectivity index is 2.59. The van der Waals surface area contributed by atoms with Crippen molar-refractivity contribution in [2.75, 3.05) is 26.2 Å². The lowest BCUT2D eigenvalue weighted by Crippen LogP contribution is -2.56. The Morgan fingerprint density at radius 1 is 0.879 bits per heavy atom. The van der Waals surface area contributed by atoms with Gasteiger partial charge >= 0.3 is 12.4 Å². The highest BCUT2D eigenvalue weighted by Crippen LogP contribution is 2.53. The molecule has 0 saturated heterocycles. The Morgan fingerprint density at radius 2 is 1.55 bits per heavy atom. The fourth-order valence-corrected chi connectivity index (χ4v) is 3.23. The number of nitrogens with two attached hydrogens (primary N) is 1. The van der Waals surface area contributed by atoms with Crippen LogP contribution in [0, 0.1) is 0 Å². The second kappa shape index (κ2) is 10.5. The summed E-state index contributed by atoms with van der Waals surface area (Å²) in [6.07, 6.45) is -11.0. The van der Waals surface area contributed by atoms with Crippen LogP contribution in [0.25, 0.3) is 0 Å². The van der Waals surface area contributed by atoms with Crippen molar-refractivity contribution in [1.29, 1.82) is 0 Å². The highest BCUT2D eigenvalue weighted by atomic mass is 19.4. The zero-order chi connectivity index (χ0) is 24.9. The Morgan fingerprint density at radius 3 is 2.09 bits per heavy atom. The molecule has 0 heterocycles. The van der Waals surface area contributed by atoms with Crippen LogP contribution in [0.4, 0.5) is 32.0 Å². The van der Waals surface area contributed by atoms with E-state index in [4.69, 9.17) is 15.2 Å². The third-order valence-electron chi connectivity index (χ3n) is 4.69. The lowest BCUT2D eigenvalue weighted by Gasteiger charge is -2.37. The topological polar surface area (TPSA) is 62.9 Å². The molecule has 0 aliphatic heterocycles. The van der Waals surface area contributed by atoms with E-state index >= 15 is 0 Å². The first kappa shape index (κ1) is 26.6. The number of alkyl halides is 6. The van der Waals surface area contributed by atoms with Gasteiger partial charge in [0.2, 0.25) is 0 Å². The molecule has 0 atom stereocenters. The second-order valence-electron chi connectivity index (χ2n) is 7.03. The predicted octanol–water partition coefficient (Wildman–Crippen LogP) is 6.35. The minimum atomic E-state index is -5.81. The summed E-state index contributed by atoms with van der Waals surface area (Å²) >= 11 is 0. The molecule has 0 unspecified atom stereocenters.